The van der Waals surface area contributed by atoms with Crippen LogP contribution in [0.3, 0.4) is 0 Å². The van der Waals surface area contributed by atoms with Gasteiger partial charge in [-0.25, -0.2) is 0 Å². The van der Waals surface area contributed by atoms with Crippen LogP contribution >= 0.6 is 0 Å². The third-order valence-electron chi connectivity index (χ3n) is 6.48. The van der Waals surface area contributed by atoms with Crippen LogP contribution < -0.4 is 5.63 Å². The Kier molecular flexibility index (Phi) is 6.26. The molecule has 0 fully saturated rings. The van der Waals surface area contributed by atoms with Crippen molar-refractivity contribution < 1.29 is 26.8 Å². The van der Waals surface area contributed by atoms with Crippen molar-refractivity contribution in [1.29, 1.82) is 0 Å². The molecular weight excluding hydrogens is 460 g/mol. The Morgan fingerprint density at radius 2 is 0.935 bits per heavy atom. The van der Waals surface area contributed by atoms with Gasteiger partial charge >= 0.3 is 193 Å². The molecule has 4 rings (SSSR count). The number of allylic oxidation sites excluding steroid dienone is 8. The average molecular weight is 492 g/mol. The SMILES string of the molecule is Cc1cc(C)c([O][Zr]([O]c2cc(C)c(C)cc2C)([C]2=CC=CC2)[C]2=CC=CC2)cc1C. The van der Waals surface area contributed by atoms with Crippen LogP contribution in [-0.4, -0.2) is 0 Å². The van der Waals surface area contributed by atoms with E-state index >= 15 is 0 Å². The fourth-order valence-corrected chi connectivity index (χ4v) is 12.7. The summed E-state index contributed by atoms with van der Waals surface area (Å²) in [6, 6.07) is 8.84. The van der Waals surface area contributed by atoms with Gasteiger partial charge in [-0.3, -0.25) is 0 Å². The molecule has 0 atom stereocenters. The molecule has 2 aromatic carbocycles. The first-order valence-electron chi connectivity index (χ1n) is 11.1. The Bertz CT molecular complexity index is 1060. The van der Waals surface area contributed by atoms with Crippen molar-refractivity contribution in [3.8, 4) is 11.5 Å². The molecule has 2 aliphatic rings. The minimum absolute atomic E-state index is 0.904. The van der Waals surface area contributed by atoms with Crippen LogP contribution in [0.5, 0.6) is 11.5 Å². The van der Waals surface area contributed by atoms with E-state index in [-0.39, 0.29) is 0 Å². The quantitative estimate of drug-likeness (QED) is 0.413. The second-order valence-electron chi connectivity index (χ2n) is 8.87. The van der Waals surface area contributed by atoms with Crippen LogP contribution in [0.15, 0.2) is 67.3 Å². The molecule has 0 bridgehead atoms. The number of rotatable bonds is 6. The van der Waals surface area contributed by atoms with Crippen LogP contribution in [0.1, 0.15) is 46.2 Å². The molecule has 2 aromatic rings. The summed E-state index contributed by atoms with van der Waals surface area (Å²) in [5.74, 6) is 1.92. The van der Waals surface area contributed by atoms with Crippen molar-refractivity contribution in [2.75, 3.05) is 0 Å². The number of benzene rings is 2. The summed E-state index contributed by atoms with van der Waals surface area (Å²) in [7, 11) is 0. The Hall–Kier alpha value is -2.12. The molecule has 0 amide bonds. The van der Waals surface area contributed by atoms with Crippen molar-refractivity contribution in [2.24, 2.45) is 0 Å². The van der Waals surface area contributed by atoms with Gasteiger partial charge in [0.15, 0.2) is 0 Å². The van der Waals surface area contributed by atoms with E-state index in [1.807, 2.05) is 0 Å². The van der Waals surface area contributed by atoms with Gasteiger partial charge in [0.25, 0.3) is 0 Å². The zero-order valence-electron chi connectivity index (χ0n) is 19.5. The van der Waals surface area contributed by atoms with Gasteiger partial charge in [0.2, 0.25) is 0 Å². The van der Waals surface area contributed by atoms with E-state index in [2.05, 4.69) is 102 Å². The van der Waals surface area contributed by atoms with Crippen molar-refractivity contribution in [1.82, 2.24) is 0 Å². The van der Waals surface area contributed by atoms with Gasteiger partial charge in [-0.2, -0.15) is 0 Å². The number of hydrogen-bond donors (Lipinski definition) is 0. The van der Waals surface area contributed by atoms with Crippen LogP contribution in [0.4, 0.5) is 0 Å². The summed E-state index contributed by atoms with van der Waals surface area (Å²) in [6.45, 7) is 12.9. The predicted molar refractivity (Wildman–Crippen MR) is 126 cm³/mol. The third kappa shape index (κ3) is 4.30. The molecule has 0 heterocycles. The standard InChI is InChI=1S/2C9H12O.2C5H5.Zr/c2*1-6-4-8(3)9(10)5-7(6)2;2*1-2-4-5-3-1;/h2*4-5,10H,1-3H3;2*1-3H,4H2;/q;;;;+2/p-2. The molecule has 2 nitrogen and oxygen atoms in total. The van der Waals surface area contributed by atoms with Gasteiger partial charge in [-0.15, -0.1) is 0 Å². The molecule has 2 aliphatic carbocycles. The Balaban J connectivity index is 1.87. The topological polar surface area (TPSA) is 18.5 Å². The molecule has 0 aromatic heterocycles. The zero-order chi connectivity index (χ0) is 22.2. The molecular formula is C28H32O2Zr. The van der Waals surface area contributed by atoms with Crippen LogP contribution in [0.25, 0.3) is 0 Å². The molecule has 0 spiro atoms. The molecule has 3 heteroatoms. The summed E-state index contributed by atoms with van der Waals surface area (Å²) in [6.07, 6.45) is 15.0. The van der Waals surface area contributed by atoms with Gasteiger partial charge in [-0.05, 0) is 0 Å². The molecule has 31 heavy (non-hydrogen) atoms. The van der Waals surface area contributed by atoms with Crippen LogP contribution in [0, 0.1) is 41.5 Å². The first kappa shape index (κ1) is 22.1. The van der Waals surface area contributed by atoms with Crippen molar-refractivity contribution in [2.45, 2.75) is 54.4 Å². The normalized spacial score (nSPS) is 15.3. The summed E-state index contributed by atoms with van der Waals surface area (Å²) < 4.78 is 16.9. The fraction of sp³-hybridized carbons (Fsp3) is 0.286. The third-order valence-corrected chi connectivity index (χ3v) is 15.0. The van der Waals surface area contributed by atoms with Gasteiger partial charge < -0.3 is 0 Å². The summed E-state index contributed by atoms with van der Waals surface area (Å²) in [5, 5.41) is 0. The Morgan fingerprint density at radius 1 is 0.548 bits per heavy atom. The van der Waals surface area contributed by atoms with E-state index in [1.54, 1.807) is 0 Å². The average Bonchev–Trinajstić information content (AvgIpc) is 3.44. The molecule has 0 aliphatic heterocycles. The second-order valence-corrected chi connectivity index (χ2v) is 16.1. The first-order chi connectivity index (χ1) is 14.8. The molecule has 0 N–H and O–H groups in total. The molecule has 0 radical (unpaired) electrons. The van der Waals surface area contributed by atoms with E-state index in [9.17, 15) is 0 Å². The monoisotopic (exact) mass is 490 g/mol. The molecule has 0 saturated carbocycles. The van der Waals surface area contributed by atoms with E-state index in [4.69, 9.17) is 5.63 Å². The summed E-state index contributed by atoms with van der Waals surface area (Å²) >= 11 is -3.97. The number of aryl methyl sites for hydroxylation is 6. The predicted octanol–water partition coefficient (Wildman–Crippen LogP) is 7.67. The Morgan fingerprint density at radius 3 is 1.29 bits per heavy atom. The summed E-state index contributed by atoms with van der Waals surface area (Å²) in [4.78, 5) is 0. The van der Waals surface area contributed by atoms with Gasteiger partial charge in [-0.1, -0.05) is 0 Å². The van der Waals surface area contributed by atoms with E-state index in [0.717, 1.165) is 24.3 Å². The second kappa shape index (κ2) is 8.79. The summed E-state index contributed by atoms with van der Waals surface area (Å²) in [5.41, 5.74) is 7.42. The zero-order valence-corrected chi connectivity index (χ0v) is 22.0. The van der Waals surface area contributed by atoms with Gasteiger partial charge in [0, 0.05) is 0 Å². The van der Waals surface area contributed by atoms with Gasteiger partial charge in [0.05, 0.1) is 0 Å². The van der Waals surface area contributed by atoms with E-state index in [0.29, 0.717) is 0 Å². The van der Waals surface area contributed by atoms with Crippen LogP contribution in [-0.2, 0) is 21.1 Å². The fourth-order valence-electron chi connectivity index (χ4n) is 4.27. The molecule has 160 valence electrons. The van der Waals surface area contributed by atoms with E-state index < -0.39 is 21.1 Å². The van der Waals surface area contributed by atoms with Crippen LogP contribution in [0.2, 0.25) is 0 Å². The maximum absolute atomic E-state index is 7.14. The minimum atomic E-state index is -3.97. The van der Waals surface area contributed by atoms with Crippen molar-refractivity contribution >= 4 is 0 Å². The first-order valence-corrected chi connectivity index (χ1v) is 15.5. The Labute approximate surface area is 192 Å². The molecule has 0 saturated heterocycles. The van der Waals surface area contributed by atoms with Crippen molar-refractivity contribution in [3.05, 3.63) is 101 Å². The van der Waals surface area contributed by atoms with Gasteiger partial charge in [0.1, 0.15) is 0 Å². The maximum atomic E-state index is 7.14. The number of hydrogen-bond acceptors (Lipinski definition) is 2. The van der Waals surface area contributed by atoms with E-state index in [1.165, 1.54) is 39.9 Å². The molecule has 0 unspecified atom stereocenters. The van der Waals surface area contributed by atoms with Crippen molar-refractivity contribution in [3.63, 3.8) is 0 Å².